The summed E-state index contributed by atoms with van der Waals surface area (Å²) in [6.45, 7) is 0.622. The Kier molecular flexibility index (Phi) is 8.47. The van der Waals surface area contributed by atoms with Gasteiger partial charge in [-0.05, 0) is 48.0 Å². The van der Waals surface area contributed by atoms with Crippen LogP contribution in [-0.4, -0.2) is 39.0 Å². The molecule has 0 unspecified atom stereocenters. The van der Waals surface area contributed by atoms with Crippen molar-refractivity contribution in [3.8, 4) is 11.5 Å². The molecule has 2 aromatic carbocycles. The van der Waals surface area contributed by atoms with Crippen molar-refractivity contribution in [1.82, 2.24) is 5.32 Å². The van der Waals surface area contributed by atoms with Crippen LogP contribution in [0.4, 0.5) is 5.00 Å². The molecule has 0 aliphatic carbocycles. The highest BCUT2D eigenvalue weighted by molar-refractivity contribution is 7.80. The van der Waals surface area contributed by atoms with Crippen molar-refractivity contribution in [3.63, 3.8) is 0 Å². The first kappa shape index (κ1) is 23.6. The number of anilines is 1. The van der Waals surface area contributed by atoms with Gasteiger partial charge in [0.05, 0.1) is 26.9 Å². The fraction of sp³-hybridized carbons (Fsp3) is 0.250. The molecule has 32 heavy (non-hydrogen) atoms. The van der Waals surface area contributed by atoms with E-state index in [0.717, 1.165) is 23.3 Å². The summed E-state index contributed by atoms with van der Waals surface area (Å²) in [6.07, 6.45) is 1.48. The van der Waals surface area contributed by atoms with Crippen LogP contribution in [-0.2, 0) is 17.6 Å². The molecule has 0 bridgehead atoms. The zero-order chi connectivity index (χ0) is 22.9. The normalized spacial score (nSPS) is 10.3. The summed E-state index contributed by atoms with van der Waals surface area (Å²) < 4.78 is 15.6. The Morgan fingerprint density at radius 1 is 0.969 bits per heavy atom. The number of thiophene rings is 1. The van der Waals surface area contributed by atoms with E-state index < -0.39 is 5.97 Å². The lowest BCUT2D eigenvalue weighted by Crippen LogP contribution is -2.30. The van der Waals surface area contributed by atoms with E-state index in [-0.39, 0.29) is 0 Å². The zero-order valence-corrected chi connectivity index (χ0v) is 19.9. The first-order valence-electron chi connectivity index (χ1n) is 10.0. The summed E-state index contributed by atoms with van der Waals surface area (Å²) in [5, 5.41) is 7.46. The number of nitrogens with one attached hydrogen (secondary N) is 2. The lowest BCUT2D eigenvalue weighted by molar-refractivity contribution is 0.0602. The molecule has 0 atom stereocenters. The molecule has 0 fully saturated rings. The number of esters is 1. The van der Waals surface area contributed by atoms with E-state index in [2.05, 4.69) is 22.8 Å². The van der Waals surface area contributed by atoms with Gasteiger partial charge >= 0.3 is 5.97 Å². The number of methoxy groups -OCH3 is 3. The lowest BCUT2D eigenvalue weighted by Gasteiger charge is -2.12. The van der Waals surface area contributed by atoms with Gasteiger partial charge in [-0.3, -0.25) is 0 Å². The van der Waals surface area contributed by atoms with Crippen molar-refractivity contribution >= 4 is 39.6 Å². The van der Waals surface area contributed by atoms with Gasteiger partial charge in [0.2, 0.25) is 0 Å². The Labute approximate surface area is 197 Å². The third kappa shape index (κ3) is 6.21. The predicted molar refractivity (Wildman–Crippen MR) is 132 cm³/mol. The number of carbonyl (C=O) groups excluding carboxylic acids is 1. The second-order valence-electron chi connectivity index (χ2n) is 6.93. The molecule has 6 nitrogen and oxygen atoms in total. The number of hydrogen-bond acceptors (Lipinski definition) is 6. The van der Waals surface area contributed by atoms with Gasteiger partial charge in [-0.1, -0.05) is 36.4 Å². The monoisotopic (exact) mass is 470 g/mol. The number of benzene rings is 2. The minimum atomic E-state index is -0.392. The topological polar surface area (TPSA) is 68.8 Å². The van der Waals surface area contributed by atoms with Crippen molar-refractivity contribution < 1.29 is 19.0 Å². The van der Waals surface area contributed by atoms with Crippen LogP contribution < -0.4 is 20.1 Å². The molecule has 0 saturated heterocycles. The summed E-state index contributed by atoms with van der Waals surface area (Å²) >= 11 is 6.94. The van der Waals surface area contributed by atoms with E-state index in [1.54, 1.807) is 14.2 Å². The van der Waals surface area contributed by atoms with Crippen LogP contribution in [0, 0.1) is 0 Å². The highest BCUT2D eigenvalue weighted by Crippen LogP contribution is 2.31. The van der Waals surface area contributed by atoms with E-state index in [4.69, 9.17) is 26.4 Å². The Bertz CT molecular complexity index is 1070. The Morgan fingerprint density at radius 2 is 1.72 bits per heavy atom. The van der Waals surface area contributed by atoms with Gasteiger partial charge in [0.15, 0.2) is 16.6 Å². The van der Waals surface area contributed by atoms with E-state index in [0.29, 0.717) is 33.7 Å². The fourth-order valence-electron chi connectivity index (χ4n) is 3.18. The Morgan fingerprint density at radius 3 is 2.41 bits per heavy atom. The molecule has 8 heteroatoms. The maximum absolute atomic E-state index is 12.3. The van der Waals surface area contributed by atoms with Gasteiger partial charge in [-0.2, -0.15) is 0 Å². The van der Waals surface area contributed by atoms with Gasteiger partial charge in [-0.15, -0.1) is 11.3 Å². The molecular formula is C24H26N2O4S2. The van der Waals surface area contributed by atoms with Crippen LogP contribution in [0.3, 0.4) is 0 Å². The predicted octanol–water partition coefficient (Wildman–Crippen LogP) is 4.67. The molecule has 1 heterocycles. The summed E-state index contributed by atoms with van der Waals surface area (Å²) in [4.78, 5) is 13.3. The molecule has 0 radical (unpaired) electrons. The summed E-state index contributed by atoms with van der Waals surface area (Å²) in [6, 6.07) is 17.8. The van der Waals surface area contributed by atoms with Crippen LogP contribution >= 0.6 is 23.6 Å². The number of rotatable bonds is 9. The van der Waals surface area contributed by atoms with E-state index in [1.807, 2.05) is 42.5 Å². The second kappa shape index (κ2) is 11.5. The number of carbonyl (C=O) groups is 1. The fourth-order valence-corrected chi connectivity index (χ4v) is 4.54. The SMILES string of the molecule is COC(=O)c1cc(Cc2ccccc2)sc1NC(=S)NCCc1ccc(OC)c(OC)c1. The molecule has 0 aliphatic heterocycles. The quantitative estimate of drug-likeness (QED) is 0.348. The van der Waals surface area contributed by atoms with E-state index >= 15 is 0 Å². The zero-order valence-electron chi connectivity index (χ0n) is 18.3. The van der Waals surface area contributed by atoms with Crippen LogP contribution in [0.25, 0.3) is 0 Å². The molecule has 168 valence electrons. The van der Waals surface area contributed by atoms with Crippen LogP contribution in [0.15, 0.2) is 54.6 Å². The minimum Gasteiger partial charge on any atom is -0.493 e. The maximum atomic E-state index is 12.3. The molecule has 3 aromatic rings. The average Bonchev–Trinajstić information content (AvgIpc) is 3.20. The summed E-state index contributed by atoms with van der Waals surface area (Å²) in [5.41, 5.74) is 2.74. The van der Waals surface area contributed by atoms with Crippen LogP contribution in [0.5, 0.6) is 11.5 Å². The van der Waals surface area contributed by atoms with Gasteiger partial charge in [-0.25, -0.2) is 4.79 Å². The number of ether oxygens (including phenoxy) is 3. The van der Waals surface area contributed by atoms with E-state index in [1.165, 1.54) is 24.0 Å². The molecule has 3 rings (SSSR count). The van der Waals surface area contributed by atoms with Gasteiger partial charge < -0.3 is 24.8 Å². The molecule has 2 N–H and O–H groups in total. The Hall–Kier alpha value is -3.10. The first-order valence-corrected chi connectivity index (χ1v) is 11.3. The summed E-state index contributed by atoms with van der Waals surface area (Å²) in [7, 11) is 4.60. The third-order valence-electron chi connectivity index (χ3n) is 4.78. The maximum Gasteiger partial charge on any atom is 0.340 e. The van der Waals surface area contributed by atoms with Crippen LogP contribution in [0.2, 0.25) is 0 Å². The molecular weight excluding hydrogens is 444 g/mol. The third-order valence-corrected chi connectivity index (χ3v) is 6.08. The largest absolute Gasteiger partial charge is 0.493 e. The van der Waals surface area contributed by atoms with Crippen molar-refractivity contribution in [2.24, 2.45) is 0 Å². The van der Waals surface area contributed by atoms with E-state index in [9.17, 15) is 4.79 Å². The molecule has 0 spiro atoms. The molecule has 1 aromatic heterocycles. The highest BCUT2D eigenvalue weighted by atomic mass is 32.1. The van der Waals surface area contributed by atoms with Crippen molar-refractivity contribution in [2.45, 2.75) is 12.8 Å². The van der Waals surface area contributed by atoms with Crippen molar-refractivity contribution in [1.29, 1.82) is 0 Å². The first-order chi connectivity index (χ1) is 15.5. The molecule has 0 saturated carbocycles. The van der Waals surface area contributed by atoms with Crippen molar-refractivity contribution in [2.75, 3.05) is 33.2 Å². The number of thiocarbonyl (C=S) groups is 1. The van der Waals surface area contributed by atoms with Gasteiger partial charge in [0, 0.05) is 17.8 Å². The standard InChI is InChI=1S/C24H26N2O4S2/c1-28-20-10-9-17(14-21(20)29-2)11-12-25-24(31)26-22-19(23(27)30-3)15-18(32-22)13-16-7-5-4-6-8-16/h4-10,14-15H,11-13H2,1-3H3,(H2,25,26,31). The van der Waals surface area contributed by atoms with Gasteiger partial charge in [0.1, 0.15) is 5.00 Å². The van der Waals surface area contributed by atoms with Crippen LogP contribution in [0.1, 0.15) is 26.4 Å². The average molecular weight is 471 g/mol. The number of hydrogen-bond donors (Lipinski definition) is 2. The van der Waals surface area contributed by atoms with Gasteiger partial charge in [0.25, 0.3) is 0 Å². The molecule has 0 amide bonds. The lowest BCUT2D eigenvalue weighted by atomic mass is 10.1. The minimum absolute atomic E-state index is 0.392. The van der Waals surface area contributed by atoms with Crippen molar-refractivity contribution in [3.05, 3.63) is 76.2 Å². The summed E-state index contributed by atoms with van der Waals surface area (Å²) in [5.74, 6) is 0.995. The second-order valence-corrected chi connectivity index (χ2v) is 8.47. The Balaban J connectivity index is 1.61. The highest BCUT2D eigenvalue weighted by Gasteiger charge is 2.18. The molecule has 0 aliphatic rings. The smallest absolute Gasteiger partial charge is 0.340 e.